The monoisotopic (exact) mass is 231 g/mol. The molecule has 0 amide bonds. The zero-order valence-electron chi connectivity index (χ0n) is 9.47. The number of phenols is 1. The van der Waals surface area contributed by atoms with Crippen LogP contribution in [-0.2, 0) is 5.54 Å². The van der Waals surface area contributed by atoms with Crippen molar-refractivity contribution in [3.05, 3.63) is 24.0 Å². The fourth-order valence-electron chi connectivity index (χ4n) is 1.86. The number of phenolic OH excluding ortho intramolecular Hbond substituents is 1. The minimum atomic E-state index is -0.410. The summed E-state index contributed by atoms with van der Waals surface area (Å²) < 4.78 is 5.21. The van der Waals surface area contributed by atoms with Gasteiger partial charge in [0.05, 0.1) is 18.2 Å². The van der Waals surface area contributed by atoms with Gasteiger partial charge in [0, 0.05) is 0 Å². The predicted molar refractivity (Wildman–Crippen MR) is 62.9 cm³/mol. The number of hydrogen-bond donors (Lipinski definition) is 2. The van der Waals surface area contributed by atoms with E-state index in [2.05, 4.69) is 9.97 Å². The summed E-state index contributed by atoms with van der Waals surface area (Å²) in [5.41, 5.74) is 6.32. The molecule has 0 radical (unpaired) electrons. The first-order chi connectivity index (χ1) is 8.14. The molecule has 0 spiro atoms. The molecule has 17 heavy (non-hydrogen) atoms. The van der Waals surface area contributed by atoms with Crippen molar-refractivity contribution in [3.63, 3.8) is 0 Å². The molecule has 1 aromatic heterocycles. The SMILES string of the molecule is COc1nc(C2(N)CC2)nc2cccc(O)c12. The Balaban J connectivity index is 2.30. The number of ether oxygens (including phenoxy) is 1. The van der Waals surface area contributed by atoms with Crippen LogP contribution in [0.5, 0.6) is 11.6 Å². The predicted octanol–water partition coefficient (Wildman–Crippen LogP) is 1.29. The average molecular weight is 231 g/mol. The Morgan fingerprint density at radius 3 is 2.76 bits per heavy atom. The van der Waals surface area contributed by atoms with Crippen LogP contribution in [0.15, 0.2) is 18.2 Å². The average Bonchev–Trinajstić information content (AvgIpc) is 3.07. The molecule has 5 heteroatoms. The zero-order valence-corrected chi connectivity index (χ0v) is 9.47. The minimum absolute atomic E-state index is 0.118. The van der Waals surface area contributed by atoms with Crippen LogP contribution in [0.2, 0.25) is 0 Å². The van der Waals surface area contributed by atoms with E-state index in [1.807, 2.05) is 6.07 Å². The van der Waals surface area contributed by atoms with Gasteiger partial charge in [0.25, 0.3) is 0 Å². The summed E-state index contributed by atoms with van der Waals surface area (Å²) in [6.07, 6.45) is 1.78. The Labute approximate surface area is 98.3 Å². The summed E-state index contributed by atoms with van der Waals surface area (Å²) >= 11 is 0. The highest BCUT2D eigenvalue weighted by Crippen LogP contribution is 2.42. The van der Waals surface area contributed by atoms with Gasteiger partial charge in [0.2, 0.25) is 5.88 Å². The van der Waals surface area contributed by atoms with E-state index < -0.39 is 5.54 Å². The molecule has 1 saturated carbocycles. The molecule has 3 N–H and O–H groups in total. The van der Waals surface area contributed by atoms with Crippen LogP contribution in [0.3, 0.4) is 0 Å². The molecule has 0 unspecified atom stereocenters. The van der Waals surface area contributed by atoms with Crippen molar-refractivity contribution in [1.29, 1.82) is 0 Å². The highest BCUT2D eigenvalue weighted by atomic mass is 16.5. The Hall–Kier alpha value is -1.88. The lowest BCUT2D eigenvalue weighted by atomic mass is 10.2. The van der Waals surface area contributed by atoms with Gasteiger partial charge in [0.15, 0.2) is 5.82 Å². The van der Waals surface area contributed by atoms with Crippen LogP contribution in [0.1, 0.15) is 18.7 Å². The number of nitrogens with zero attached hydrogens (tertiary/aromatic N) is 2. The van der Waals surface area contributed by atoms with Gasteiger partial charge >= 0.3 is 0 Å². The first kappa shape index (κ1) is 10.3. The topological polar surface area (TPSA) is 81.3 Å². The van der Waals surface area contributed by atoms with Gasteiger partial charge in [-0.3, -0.25) is 0 Å². The third kappa shape index (κ3) is 1.51. The summed E-state index contributed by atoms with van der Waals surface area (Å²) in [6, 6.07) is 5.14. The van der Waals surface area contributed by atoms with Crippen LogP contribution in [0.25, 0.3) is 10.9 Å². The molecule has 3 rings (SSSR count). The largest absolute Gasteiger partial charge is 0.507 e. The Morgan fingerprint density at radius 2 is 2.12 bits per heavy atom. The molecule has 0 atom stereocenters. The number of aromatic nitrogens is 2. The summed E-state index contributed by atoms with van der Waals surface area (Å²) in [7, 11) is 1.52. The molecule has 1 aliphatic rings. The first-order valence-electron chi connectivity index (χ1n) is 5.47. The summed E-state index contributed by atoms with van der Waals surface area (Å²) in [5.74, 6) is 1.08. The lowest BCUT2D eigenvalue weighted by Crippen LogP contribution is -2.22. The van der Waals surface area contributed by atoms with Gasteiger partial charge in [-0.25, -0.2) is 4.98 Å². The number of aromatic hydroxyl groups is 1. The van der Waals surface area contributed by atoms with E-state index >= 15 is 0 Å². The van der Waals surface area contributed by atoms with Gasteiger partial charge in [0.1, 0.15) is 11.1 Å². The van der Waals surface area contributed by atoms with Crippen LogP contribution in [0, 0.1) is 0 Å². The molecule has 5 nitrogen and oxygen atoms in total. The fraction of sp³-hybridized carbons (Fsp3) is 0.333. The van der Waals surface area contributed by atoms with Crippen LogP contribution in [0.4, 0.5) is 0 Å². The van der Waals surface area contributed by atoms with Gasteiger partial charge in [-0.15, -0.1) is 0 Å². The maximum atomic E-state index is 9.80. The molecule has 0 aliphatic heterocycles. The standard InChI is InChI=1S/C12H13N3O2/c1-17-10-9-7(3-2-4-8(9)16)14-11(15-10)12(13)5-6-12/h2-4,16H,5-6,13H2,1H3. The second kappa shape index (κ2) is 3.30. The maximum Gasteiger partial charge on any atom is 0.228 e. The van der Waals surface area contributed by atoms with Gasteiger partial charge < -0.3 is 15.6 Å². The van der Waals surface area contributed by atoms with E-state index in [1.54, 1.807) is 12.1 Å². The van der Waals surface area contributed by atoms with Gasteiger partial charge in [-0.05, 0) is 25.0 Å². The summed E-state index contributed by atoms with van der Waals surface area (Å²) in [5, 5.41) is 10.3. The summed E-state index contributed by atoms with van der Waals surface area (Å²) in [6.45, 7) is 0. The van der Waals surface area contributed by atoms with Crippen molar-refractivity contribution in [2.24, 2.45) is 5.73 Å². The van der Waals surface area contributed by atoms with E-state index in [4.69, 9.17) is 10.5 Å². The molecule has 88 valence electrons. The molecule has 1 aliphatic carbocycles. The van der Waals surface area contributed by atoms with Crippen molar-refractivity contribution in [2.75, 3.05) is 7.11 Å². The maximum absolute atomic E-state index is 9.80. The van der Waals surface area contributed by atoms with Crippen molar-refractivity contribution in [1.82, 2.24) is 9.97 Å². The normalized spacial score (nSPS) is 17.1. The highest BCUT2D eigenvalue weighted by molar-refractivity contribution is 5.89. The van der Waals surface area contributed by atoms with Crippen molar-refractivity contribution in [3.8, 4) is 11.6 Å². The van der Waals surface area contributed by atoms with Crippen molar-refractivity contribution >= 4 is 10.9 Å². The van der Waals surface area contributed by atoms with E-state index in [0.717, 1.165) is 12.8 Å². The smallest absolute Gasteiger partial charge is 0.228 e. The summed E-state index contributed by atoms with van der Waals surface area (Å²) in [4.78, 5) is 8.70. The number of benzene rings is 1. The molecule has 1 heterocycles. The number of hydrogen-bond acceptors (Lipinski definition) is 5. The van der Waals surface area contributed by atoms with Gasteiger partial charge in [-0.2, -0.15) is 4.98 Å². The number of rotatable bonds is 2. The second-order valence-corrected chi connectivity index (χ2v) is 4.38. The number of nitrogens with two attached hydrogens (primary N) is 1. The van der Waals surface area contributed by atoms with Crippen molar-refractivity contribution < 1.29 is 9.84 Å². The van der Waals surface area contributed by atoms with Gasteiger partial charge in [-0.1, -0.05) is 6.07 Å². The van der Waals surface area contributed by atoms with Crippen molar-refractivity contribution in [2.45, 2.75) is 18.4 Å². The highest BCUT2D eigenvalue weighted by Gasteiger charge is 2.43. The first-order valence-corrected chi connectivity index (χ1v) is 5.47. The number of methoxy groups -OCH3 is 1. The molecular formula is C12H13N3O2. The second-order valence-electron chi connectivity index (χ2n) is 4.38. The Kier molecular flexibility index (Phi) is 2.00. The van der Waals surface area contributed by atoms with Crippen LogP contribution < -0.4 is 10.5 Å². The molecule has 0 bridgehead atoms. The molecule has 0 saturated heterocycles. The van der Waals surface area contributed by atoms with Crippen LogP contribution in [-0.4, -0.2) is 22.2 Å². The zero-order chi connectivity index (χ0) is 12.0. The molecular weight excluding hydrogens is 218 g/mol. The molecule has 1 aromatic carbocycles. The minimum Gasteiger partial charge on any atom is -0.507 e. The third-order valence-corrected chi connectivity index (χ3v) is 3.10. The Bertz CT molecular complexity index is 594. The molecule has 2 aromatic rings. The lowest BCUT2D eigenvalue weighted by molar-refractivity contribution is 0.395. The number of fused-ring (bicyclic) bond motifs is 1. The van der Waals surface area contributed by atoms with E-state index in [9.17, 15) is 5.11 Å². The lowest BCUT2D eigenvalue weighted by Gasteiger charge is -2.11. The van der Waals surface area contributed by atoms with E-state index in [0.29, 0.717) is 22.6 Å². The van der Waals surface area contributed by atoms with E-state index in [-0.39, 0.29) is 5.75 Å². The fourth-order valence-corrected chi connectivity index (χ4v) is 1.86. The molecule has 1 fully saturated rings. The van der Waals surface area contributed by atoms with E-state index in [1.165, 1.54) is 7.11 Å². The Morgan fingerprint density at radius 1 is 1.35 bits per heavy atom. The van der Waals surface area contributed by atoms with Crippen LogP contribution >= 0.6 is 0 Å². The third-order valence-electron chi connectivity index (χ3n) is 3.10. The quantitative estimate of drug-likeness (QED) is 0.814.